The van der Waals surface area contributed by atoms with E-state index < -0.39 is 11.6 Å². The lowest BCUT2D eigenvalue weighted by molar-refractivity contribution is -0.140. The largest absolute Gasteiger partial charge is 0.350 e. The zero-order valence-electron chi connectivity index (χ0n) is 20.4. The highest BCUT2D eigenvalue weighted by Gasteiger charge is 2.32. The fourth-order valence-electron chi connectivity index (χ4n) is 3.60. The molecule has 1 unspecified atom stereocenters. The molecule has 0 aliphatic carbocycles. The molecule has 3 rings (SSSR count). The summed E-state index contributed by atoms with van der Waals surface area (Å²) in [6, 6.07) is 21.4. The van der Waals surface area contributed by atoms with Gasteiger partial charge in [-0.05, 0) is 68.3 Å². The molecule has 0 aliphatic heterocycles. The third-order valence-electron chi connectivity index (χ3n) is 5.30. The van der Waals surface area contributed by atoms with Crippen molar-refractivity contribution in [2.45, 2.75) is 50.2 Å². The summed E-state index contributed by atoms with van der Waals surface area (Å²) < 4.78 is 0. The molecule has 8 heteroatoms. The lowest BCUT2D eigenvalue weighted by atomic mass is 10.0. The van der Waals surface area contributed by atoms with Crippen molar-refractivity contribution in [2.75, 3.05) is 5.75 Å². The van der Waals surface area contributed by atoms with Gasteiger partial charge in [-0.3, -0.25) is 9.59 Å². The maximum absolute atomic E-state index is 13.7. The van der Waals surface area contributed by atoms with Crippen LogP contribution in [0.15, 0.2) is 77.7 Å². The van der Waals surface area contributed by atoms with Gasteiger partial charge in [-0.15, -0.1) is 11.8 Å². The molecule has 2 amide bonds. The first kappa shape index (κ1) is 28.4. The van der Waals surface area contributed by atoms with E-state index in [9.17, 15) is 9.59 Å². The van der Waals surface area contributed by atoms with Crippen LogP contribution in [0.3, 0.4) is 0 Å². The van der Waals surface area contributed by atoms with Crippen molar-refractivity contribution in [2.24, 2.45) is 0 Å². The number of thioether (sulfide) groups is 1. The molecule has 0 radical (unpaired) electrons. The van der Waals surface area contributed by atoms with Crippen LogP contribution in [-0.4, -0.2) is 34.0 Å². The highest BCUT2D eigenvalue weighted by atomic mass is 35.5. The first-order valence-corrected chi connectivity index (χ1v) is 13.6. The normalized spacial score (nSPS) is 12.2. The molecule has 0 heterocycles. The van der Waals surface area contributed by atoms with Crippen molar-refractivity contribution in [3.63, 3.8) is 0 Å². The van der Waals surface area contributed by atoms with Gasteiger partial charge in [0, 0.05) is 38.5 Å². The Morgan fingerprint density at radius 2 is 1.56 bits per heavy atom. The van der Waals surface area contributed by atoms with Crippen LogP contribution in [0.2, 0.25) is 15.1 Å². The third kappa shape index (κ3) is 8.74. The predicted molar refractivity (Wildman–Crippen MR) is 151 cm³/mol. The smallest absolute Gasteiger partial charge is 0.243 e. The van der Waals surface area contributed by atoms with Gasteiger partial charge in [0.05, 0.1) is 5.75 Å². The Morgan fingerprint density at radius 3 is 2.17 bits per heavy atom. The minimum Gasteiger partial charge on any atom is -0.350 e. The van der Waals surface area contributed by atoms with Crippen molar-refractivity contribution in [1.82, 2.24) is 10.2 Å². The van der Waals surface area contributed by atoms with Crippen LogP contribution in [0.5, 0.6) is 0 Å². The Labute approximate surface area is 232 Å². The van der Waals surface area contributed by atoms with E-state index in [1.165, 1.54) is 11.8 Å². The molecule has 0 aromatic heterocycles. The van der Waals surface area contributed by atoms with Crippen LogP contribution >= 0.6 is 46.6 Å². The van der Waals surface area contributed by atoms with E-state index in [4.69, 9.17) is 34.8 Å². The van der Waals surface area contributed by atoms with Gasteiger partial charge in [-0.25, -0.2) is 0 Å². The number of rotatable bonds is 9. The summed E-state index contributed by atoms with van der Waals surface area (Å²) >= 11 is 20.0. The van der Waals surface area contributed by atoms with E-state index in [1.807, 2.05) is 63.2 Å². The molecule has 0 saturated carbocycles. The van der Waals surface area contributed by atoms with Gasteiger partial charge in [0.15, 0.2) is 0 Å². The molecule has 0 bridgehead atoms. The van der Waals surface area contributed by atoms with E-state index in [-0.39, 0.29) is 24.1 Å². The van der Waals surface area contributed by atoms with E-state index >= 15 is 0 Å². The highest BCUT2D eigenvalue weighted by Crippen LogP contribution is 2.26. The SMILES string of the molecule is CC(C)(C)NC(=O)C(Cc1ccccc1)N(Cc1ccc(Cl)cc1Cl)C(=O)CSc1ccc(Cl)cc1. The number of amides is 2. The minimum absolute atomic E-state index is 0.154. The number of hydrogen-bond acceptors (Lipinski definition) is 3. The molecule has 3 aromatic rings. The van der Waals surface area contributed by atoms with Crippen molar-refractivity contribution in [1.29, 1.82) is 0 Å². The van der Waals surface area contributed by atoms with Crippen LogP contribution < -0.4 is 5.32 Å². The van der Waals surface area contributed by atoms with Crippen LogP contribution in [-0.2, 0) is 22.6 Å². The Balaban J connectivity index is 1.95. The van der Waals surface area contributed by atoms with Gasteiger partial charge in [-0.2, -0.15) is 0 Å². The highest BCUT2D eigenvalue weighted by molar-refractivity contribution is 8.00. The van der Waals surface area contributed by atoms with Gasteiger partial charge in [0.1, 0.15) is 6.04 Å². The average molecular weight is 564 g/mol. The maximum atomic E-state index is 13.7. The molecule has 0 aliphatic rings. The minimum atomic E-state index is -0.739. The first-order valence-electron chi connectivity index (χ1n) is 11.5. The number of nitrogens with zero attached hydrogens (tertiary/aromatic N) is 1. The summed E-state index contributed by atoms with van der Waals surface area (Å²) in [7, 11) is 0. The average Bonchev–Trinajstić information content (AvgIpc) is 2.81. The van der Waals surface area contributed by atoms with Crippen LogP contribution in [0.1, 0.15) is 31.9 Å². The summed E-state index contributed by atoms with van der Waals surface area (Å²) in [5.74, 6) is -0.242. The molecule has 1 atom stereocenters. The van der Waals surface area contributed by atoms with E-state index in [2.05, 4.69) is 5.32 Å². The van der Waals surface area contributed by atoms with E-state index in [1.54, 1.807) is 35.2 Å². The van der Waals surface area contributed by atoms with Crippen molar-refractivity contribution in [3.8, 4) is 0 Å². The van der Waals surface area contributed by atoms with Gasteiger partial charge < -0.3 is 10.2 Å². The number of hydrogen-bond donors (Lipinski definition) is 1. The zero-order valence-corrected chi connectivity index (χ0v) is 23.5. The summed E-state index contributed by atoms with van der Waals surface area (Å²) in [4.78, 5) is 29.8. The van der Waals surface area contributed by atoms with Crippen LogP contribution in [0, 0.1) is 0 Å². The molecule has 0 fully saturated rings. The quantitative estimate of drug-likeness (QED) is 0.278. The predicted octanol–water partition coefficient (Wildman–Crippen LogP) is 7.29. The standard InChI is InChI=1S/C28H29Cl3N2O2S/c1-28(2,3)32-27(35)25(15-19-7-5-4-6-8-19)33(17-20-9-10-22(30)16-24(20)31)26(34)18-36-23-13-11-21(29)12-14-23/h4-14,16,25H,15,17-18H2,1-3H3,(H,32,35). The molecule has 36 heavy (non-hydrogen) atoms. The van der Waals surface area contributed by atoms with Gasteiger partial charge >= 0.3 is 0 Å². The topological polar surface area (TPSA) is 49.4 Å². The third-order valence-corrected chi connectivity index (χ3v) is 7.14. The number of carbonyl (C=O) groups excluding carboxylic acids is 2. The van der Waals surface area contributed by atoms with E-state index in [0.717, 1.165) is 10.5 Å². The first-order chi connectivity index (χ1) is 17.0. The second kappa shape index (κ2) is 12.9. The molecular formula is C28H29Cl3N2O2S. The van der Waals surface area contributed by atoms with Gasteiger partial charge in [-0.1, -0.05) is 71.2 Å². The van der Waals surface area contributed by atoms with Gasteiger partial charge in [0.25, 0.3) is 0 Å². The van der Waals surface area contributed by atoms with Crippen LogP contribution in [0.4, 0.5) is 0 Å². The number of halogens is 3. The van der Waals surface area contributed by atoms with Gasteiger partial charge in [0.2, 0.25) is 11.8 Å². The number of nitrogens with one attached hydrogen (secondary N) is 1. The Hall–Kier alpha value is -2.18. The van der Waals surface area contributed by atoms with E-state index in [0.29, 0.717) is 27.1 Å². The Morgan fingerprint density at radius 1 is 0.917 bits per heavy atom. The lowest BCUT2D eigenvalue weighted by Gasteiger charge is -2.34. The van der Waals surface area contributed by atoms with Crippen molar-refractivity contribution < 1.29 is 9.59 Å². The summed E-state index contributed by atoms with van der Waals surface area (Å²) in [6.45, 7) is 5.93. The molecule has 3 aromatic carbocycles. The monoisotopic (exact) mass is 562 g/mol. The molecule has 190 valence electrons. The maximum Gasteiger partial charge on any atom is 0.243 e. The van der Waals surface area contributed by atoms with Crippen molar-refractivity contribution in [3.05, 3.63) is 99.0 Å². The molecule has 0 spiro atoms. The van der Waals surface area contributed by atoms with Crippen molar-refractivity contribution >= 4 is 58.4 Å². The summed E-state index contributed by atoms with van der Waals surface area (Å²) in [6.07, 6.45) is 0.366. The number of benzene rings is 3. The number of carbonyl (C=O) groups is 2. The lowest BCUT2D eigenvalue weighted by Crippen LogP contribution is -2.54. The second-order valence-electron chi connectivity index (χ2n) is 9.44. The Bertz CT molecular complexity index is 1180. The fourth-order valence-corrected chi connectivity index (χ4v) is 4.98. The zero-order chi connectivity index (χ0) is 26.3. The Kier molecular flexibility index (Phi) is 10.1. The van der Waals surface area contributed by atoms with Crippen LogP contribution in [0.25, 0.3) is 0 Å². The second-order valence-corrected chi connectivity index (χ2v) is 11.8. The molecule has 4 nitrogen and oxygen atoms in total. The fraction of sp³-hybridized carbons (Fsp3) is 0.286. The summed E-state index contributed by atoms with van der Waals surface area (Å²) in [5, 5.41) is 4.64. The summed E-state index contributed by atoms with van der Waals surface area (Å²) in [5.41, 5.74) is 1.21. The molecule has 1 N–H and O–H groups in total. The molecular weight excluding hydrogens is 535 g/mol. The molecule has 0 saturated heterocycles.